The SMILES string of the molecule is O=C(OCc1ccccc1)N1Cc2ccccc2C1CO. The molecule has 21 heavy (non-hydrogen) atoms. The Morgan fingerprint density at radius 3 is 2.62 bits per heavy atom. The molecule has 1 atom stereocenters. The number of aliphatic hydroxyl groups excluding tert-OH is 1. The summed E-state index contributed by atoms with van der Waals surface area (Å²) >= 11 is 0. The minimum Gasteiger partial charge on any atom is -0.445 e. The van der Waals surface area contributed by atoms with E-state index < -0.39 is 6.09 Å². The van der Waals surface area contributed by atoms with E-state index >= 15 is 0 Å². The molecule has 4 nitrogen and oxygen atoms in total. The fourth-order valence-corrected chi connectivity index (χ4v) is 2.66. The van der Waals surface area contributed by atoms with Gasteiger partial charge in [0.1, 0.15) is 6.61 Å². The van der Waals surface area contributed by atoms with Gasteiger partial charge < -0.3 is 9.84 Å². The van der Waals surface area contributed by atoms with Gasteiger partial charge in [-0.2, -0.15) is 0 Å². The lowest BCUT2D eigenvalue weighted by Gasteiger charge is -2.22. The molecule has 1 amide bonds. The maximum atomic E-state index is 12.2. The van der Waals surface area contributed by atoms with Crippen LogP contribution in [0.3, 0.4) is 0 Å². The van der Waals surface area contributed by atoms with Crippen molar-refractivity contribution in [2.45, 2.75) is 19.2 Å². The standard InChI is InChI=1S/C17H17NO3/c19-11-16-15-9-5-4-8-14(15)10-18(16)17(20)21-12-13-6-2-1-3-7-13/h1-9,16,19H,10-12H2. The minimum absolute atomic E-state index is 0.0998. The van der Waals surface area contributed by atoms with Crippen LogP contribution >= 0.6 is 0 Å². The zero-order valence-electron chi connectivity index (χ0n) is 11.6. The molecule has 0 radical (unpaired) electrons. The van der Waals surface area contributed by atoms with Crippen LogP contribution in [0.2, 0.25) is 0 Å². The van der Waals surface area contributed by atoms with E-state index in [1.165, 1.54) is 0 Å². The Kier molecular flexibility index (Phi) is 3.88. The van der Waals surface area contributed by atoms with Crippen LogP contribution in [0.1, 0.15) is 22.7 Å². The lowest BCUT2D eigenvalue weighted by Crippen LogP contribution is -2.31. The molecule has 1 aliphatic heterocycles. The second-order valence-corrected chi connectivity index (χ2v) is 5.07. The van der Waals surface area contributed by atoms with E-state index in [-0.39, 0.29) is 19.3 Å². The zero-order chi connectivity index (χ0) is 14.7. The topological polar surface area (TPSA) is 49.8 Å². The van der Waals surface area contributed by atoms with Crippen molar-refractivity contribution >= 4 is 6.09 Å². The maximum Gasteiger partial charge on any atom is 0.411 e. The van der Waals surface area contributed by atoms with Crippen molar-refractivity contribution in [3.05, 3.63) is 71.3 Å². The molecule has 0 fully saturated rings. The number of benzene rings is 2. The summed E-state index contributed by atoms with van der Waals surface area (Å²) in [6.07, 6.45) is -0.394. The van der Waals surface area contributed by atoms with Crippen molar-refractivity contribution in [2.75, 3.05) is 6.61 Å². The first-order valence-corrected chi connectivity index (χ1v) is 6.95. The number of nitrogens with zero attached hydrogens (tertiary/aromatic N) is 1. The van der Waals surface area contributed by atoms with Crippen LogP contribution < -0.4 is 0 Å². The molecule has 1 aliphatic rings. The number of hydrogen-bond donors (Lipinski definition) is 1. The molecular weight excluding hydrogens is 266 g/mol. The summed E-state index contributed by atoms with van der Waals surface area (Å²) in [5.41, 5.74) is 3.01. The molecule has 0 saturated heterocycles. The highest BCUT2D eigenvalue weighted by atomic mass is 16.6. The summed E-state index contributed by atoms with van der Waals surface area (Å²) in [5, 5.41) is 9.57. The Hall–Kier alpha value is -2.33. The summed E-state index contributed by atoms with van der Waals surface area (Å²) in [6, 6.07) is 17.0. The van der Waals surface area contributed by atoms with E-state index in [4.69, 9.17) is 4.74 Å². The van der Waals surface area contributed by atoms with Gasteiger partial charge in [-0.05, 0) is 16.7 Å². The number of hydrogen-bond acceptors (Lipinski definition) is 3. The van der Waals surface area contributed by atoms with Crippen LogP contribution in [0.4, 0.5) is 4.79 Å². The van der Waals surface area contributed by atoms with Gasteiger partial charge in [-0.15, -0.1) is 0 Å². The molecule has 1 unspecified atom stereocenters. The largest absolute Gasteiger partial charge is 0.445 e. The van der Waals surface area contributed by atoms with Crippen molar-refractivity contribution in [3.8, 4) is 0 Å². The van der Waals surface area contributed by atoms with E-state index in [1.54, 1.807) is 4.90 Å². The number of carbonyl (C=O) groups excluding carboxylic acids is 1. The van der Waals surface area contributed by atoms with Crippen molar-refractivity contribution < 1.29 is 14.6 Å². The van der Waals surface area contributed by atoms with Crippen LogP contribution in [-0.2, 0) is 17.9 Å². The number of carbonyl (C=O) groups is 1. The summed E-state index contributed by atoms with van der Waals surface area (Å²) in [4.78, 5) is 13.8. The summed E-state index contributed by atoms with van der Waals surface area (Å²) in [5.74, 6) is 0. The molecule has 0 bridgehead atoms. The molecule has 108 valence electrons. The van der Waals surface area contributed by atoms with E-state index in [2.05, 4.69) is 0 Å². The van der Waals surface area contributed by atoms with Gasteiger partial charge in [0.25, 0.3) is 0 Å². The van der Waals surface area contributed by atoms with Gasteiger partial charge in [-0.25, -0.2) is 4.79 Å². The number of ether oxygens (including phenoxy) is 1. The van der Waals surface area contributed by atoms with Gasteiger partial charge in [0.15, 0.2) is 0 Å². The first kappa shape index (κ1) is 13.6. The van der Waals surface area contributed by atoms with Crippen LogP contribution in [0, 0.1) is 0 Å². The fraction of sp³-hybridized carbons (Fsp3) is 0.235. The Morgan fingerprint density at radius 2 is 1.86 bits per heavy atom. The van der Waals surface area contributed by atoms with E-state index in [0.717, 1.165) is 16.7 Å². The maximum absolute atomic E-state index is 12.2. The molecular formula is C17H17NO3. The highest BCUT2D eigenvalue weighted by molar-refractivity contribution is 5.70. The van der Waals surface area contributed by atoms with Crippen molar-refractivity contribution in [1.29, 1.82) is 0 Å². The highest BCUT2D eigenvalue weighted by Crippen LogP contribution is 2.33. The lowest BCUT2D eigenvalue weighted by molar-refractivity contribution is 0.0685. The van der Waals surface area contributed by atoms with Gasteiger partial charge in [-0.3, -0.25) is 4.90 Å². The Balaban J connectivity index is 1.68. The van der Waals surface area contributed by atoms with Crippen LogP contribution in [0.25, 0.3) is 0 Å². The minimum atomic E-state index is -0.394. The predicted octanol–water partition coefficient (Wildman–Crippen LogP) is 2.87. The molecule has 1 heterocycles. The fourth-order valence-electron chi connectivity index (χ4n) is 2.66. The third kappa shape index (κ3) is 2.76. The second kappa shape index (κ2) is 5.97. The number of aliphatic hydroxyl groups is 1. The van der Waals surface area contributed by atoms with Crippen LogP contribution in [0.5, 0.6) is 0 Å². The first-order valence-electron chi connectivity index (χ1n) is 6.95. The molecule has 0 saturated carbocycles. The van der Waals surface area contributed by atoms with E-state index in [1.807, 2.05) is 54.6 Å². The van der Waals surface area contributed by atoms with Gasteiger partial charge in [0.05, 0.1) is 19.2 Å². The smallest absolute Gasteiger partial charge is 0.411 e. The zero-order valence-corrected chi connectivity index (χ0v) is 11.6. The molecule has 2 aromatic carbocycles. The van der Waals surface area contributed by atoms with Crippen molar-refractivity contribution in [2.24, 2.45) is 0 Å². The molecule has 1 N–H and O–H groups in total. The molecule has 0 spiro atoms. The van der Waals surface area contributed by atoms with E-state index in [0.29, 0.717) is 6.54 Å². The summed E-state index contributed by atoms with van der Waals surface area (Å²) in [7, 11) is 0. The van der Waals surface area contributed by atoms with Gasteiger partial charge in [-0.1, -0.05) is 54.6 Å². The van der Waals surface area contributed by atoms with Gasteiger partial charge in [0, 0.05) is 0 Å². The second-order valence-electron chi connectivity index (χ2n) is 5.07. The van der Waals surface area contributed by atoms with Crippen molar-refractivity contribution in [1.82, 2.24) is 4.90 Å². The molecule has 4 heteroatoms. The number of amides is 1. The van der Waals surface area contributed by atoms with Crippen LogP contribution in [0.15, 0.2) is 54.6 Å². The highest BCUT2D eigenvalue weighted by Gasteiger charge is 2.33. The molecule has 0 aliphatic carbocycles. The van der Waals surface area contributed by atoms with Crippen LogP contribution in [-0.4, -0.2) is 22.7 Å². The Labute approximate surface area is 123 Å². The lowest BCUT2D eigenvalue weighted by atomic mass is 10.1. The molecule has 2 aromatic rings. The third-order valence-electron chi connectivity index (χ3n) is 3.74. The summed E-state index contributed by atoms with van der Waals surface area (Å²) < 4.78 is 5.35. The average Bonchev–Trinajstić information content (AvgIpc) is 2.92. The third-order valence-corrected chi connectivity index (χ3v) is 3.74. The Morgan fingerprint density at radius 1 is 1.14 bits per heavy atom. The monoisotopic (exact) mass is 283 g/mol. The quantitative estimate of drug-likeness (QED) is 0.942. The van der Waals surface area contributed by atoms with Gasteiger partial charge >= 0.3 is 6.09 Å². The first-order chi connectivity index (χ1) is 10.3. The number of fused-ring (bicyclic) bond motifs is 1. The van der Waals surface area contributed by atoms with E-state index in [9.17, 15) is 9.90 Å². The molecule has 3 rings (SSSR count). The summed E-state index contributed by atoms with van der Waals surface area (Å²) in [6.45, 7) is 0.622. The number of rotatable bonds is 3. The average molecular weight is 283 g/mol. The Bertz CT molecular complexity index is 627. The van der Waals surface area contributed by atoms with Gasteiger partial charge in [0.2, 0.25) is 0 Å². The normalized spacial score (nSPS) is 16.6. The predicted molar refractivity (Wildman–Crippen MR) is 78.4 cm³/mol. The van der Waals surface area contributed by atoms with Crippen molar-refractivity contribution in [3.63, 3.8) is 0 Å². The molecule has 0 aromatic heterocycles.